The van der Waals surface area contributed by atoms with Gasteiger partial charge in [0, 0.05) is 38.1 Å². The lowest BCUT2D eigenvalue weighted by molar-refractivity contribution is -0.137. The van der Waals surface area contributed by atoms with Crippen molar-refractivity contribution in [2.24, 2.45) is 0 Å². The summed E-state index contributed by atoms with van der Waals surface area (Å²) in [6.45, 7) is 1.45. The summed E-state index contributed by atoms with van der Waals surface area (Å²) in [6, 6.07) is 8.06. The number of benzene rings is 2. The molecule has 2 aromatic carbocycles. The molecule has 31 heavy (non-hydrogen) atoms. The number of hydrogen-bond acceptors (Lipinski definition) is 3. The van der Waals surface area contributed by atoms with Crippen molar-refractivity contribution in [3.05, 3.63) is 62.6 Å². The van der Waals surface area contributed by atoms with E-state index in [2.05, 4.69) is 4.90 Å². The molecule has 1 heterocycles. The molecule has 0 unspecified atom stereocenters. The Bertz CT molecular complexity index is 900. The van der Waals surface area contributed by atoms with Gasteiger partial charge in [-0.25, -0.2) is 0 Å². The molecule has 168 valence electrons. The van der Waals surface area contributed by atoms with Gasteiger partial charge in [0.15, 0.2) is 0 Å². The van der Waals surface area contributed by atoms with Gasteiger partial charge < -0.3 is 14.4 Å². The fourth-order valence-electron chi connectivity index (χ4n) is 3.24. The van der Waals surface area contributed by atoms with E-state index in [1.165, 1.54) is 18.2 Å². The summed E-state index contributed by atoms with van der Waals surface area (Å²) in [5, 5.41) is 0.899. The first-order valence-electron chi connectivity index (χ1n) is 9.35. The molecule has 0 amide bonds. The van der Waals surface area contributed by atoms with Crippen molar-refractivity contribution in [1.82, 2.24) is 0 Å². The smallest absolute Gasteiger partial charge is 0.416 e. The van der Waals surface area contributed by atoms with Crippen LogP contribution in [0.25, 0.3) is 0 Å². The van der Waals surface area contributed by atoms with Gasteiger partial charge in [0.05, 0.1) is 21.3 Å². The molecule has 0 radical (unpaired) electrons. The molecule has 1 fully saturated rings. The SMILES string of the molecule is FC(F)(F)c1ccc(OC2CCN(c3c(Cl)cc(OCC=C(Cl)Cl)cc3Cl)CC2)cc1. The van der Waals surface area contributed by atoms with E-state index in [0.717, 1.165) is 12.1 Å². The van der Waals surface area contributed by atoms with E-state index >= 15 is 0 Å². The van der Waals surface area contributed by atoms with Crippen LogP contribution >= 0.6 is 46.4 Å². The number of hydrogen-bond donors (Lipinski definition) is 0. The Hall–Kier alpha value is -1.47. The molecular weight excluding hydrogens is 497 g/mol. The molecule has 0 aromatic heterocycles. The van der Waals surface area contributed by atoms with E-state index in [1.807, 2.05) is 0 Å². The maximum Gasteiger partial charge on any atom is 0.416 e. The lowest BCUT2D eigenvalue weighted by Gasteiger charge is -2.34. The molecule has 0 bridgehead atoms. The molecule has 3 nitrogen and oxygen atoms in total. The highest BCUT2D eigenvalue weighted by atomic mass is 35.5. The van der Waals surface area contributed by atoms with Crippen LogP contribution in [-0.2, 0) is 6.18 Å². The van der Waals surface area contributed by atoms with Gasteiger partial charge in [0.1, 0.15) is 28.7 Å². The van der Waals surface area contributed by atoms with Gasteiger partial charge in [-0.05, 0) is 30.3 Å². The predicted molar refractivity (Wildman–Crippen MR) is 119 cm³/mol. The van der Waals surface area contributed by atoms with Crippen LogP contribution in [0.5, 0.6) is 11.5 Å². The minimum atomic E-state index is -4.36. The Balaban J connectivity index is 1.58. The first-order valence-corrected chi connectivity index (χ1v) is 10.9. The Morgan fingerprint density at radius 1 is 1.00 bits per heavy atom. The fourth-order valence-corrected chi connectivity index (χ4v) is 4.07. The average Bonchev–Trinajstić information content (AvgIpc) is 2.68. The van der Waals surface area contributed by atoms with Crippen molar-refractivity contribution in [1.29, 1.82) is 0 Å². The van der Waals surface area contributed by atoms with Crippen LogP contribution in [-0.4, -0.2) is 25.8 Å². The number of anilines is 1. The highest BCUT2D eigenvalue weighted by Gasteiger charge is 2.30. The predicted octanol–water partition coefficient (Wildman–Crippen LogP) is 7.76. The largest absolute Gasteiger partial charge is 0.490 e. The van der Waals surface area contributed by atoms with Crippen LogP contribution in [0.1, 0.15) is 18.4 Å². The van der Waals surface area contributed by atoms with Crippen LogP contribution in [0, 0.1) is 0 Å². The number of nitrogens with zero attached hydrogens (tertiary/aromatic N) is 1. The second-order valence-corrected chi connectivity index (χ2v) is 8.69. The zero-order valence-corrected chi connectivity index (χ0v) is 19.1. The van der Waals surface area contributed by atoms with Gasteiger partial charge in [0.2, 0.25) is 0 Å². The Morgan fingerprint density at radius 2 is 1.58 bits per heavy atom. The number of piperidine rings is 1. The minimum Gasteiger partial charge on any atom is -0.490 e. The van der Waals surface area contributed by atoms with Crippen LogP contribution < -0.4 is 14.4 Å². The van der Waals surface area contributed by atoms with Crippen LogP contribution in [0.4, 0.5) is 18.9 Å². The van der Waals surface area contributed by atoms with Crippen molar-refractivity contribution in [3.63, 3.8) is 0 Å². The Morgan fingerprint density at radius 3 is 2.10 bits per heavy atom. The second kappa shape index (κ2) is 10.4. The van der Waals surface area contributed by atoms with Gasteiger partial charge in [0.25, 0.3) is 0 Å². The third-order valence-electron chi connectivity index (χ3n) is 4.72. The van der Waals surface area contributed by atoms with Gasteiger partial charge in [-0.3, -0.25) is 0 Å². The zero-order chi connectivity index (χ0) is 22.6. The monoisotopic (exact) mass is 513 g/mol. The van der Waals surface area contributed by atoms with E-state index < -0.39 is 11.7 Å². The quantitative estimate of drug-likeness (QED) is 0.393. The van der Waals surface area contributed by atoms with Gasteiger partial charge in [-0.15, -0.1) is 0 Å². The highest BCUT2D eigenvalue weighted by molar-refractivity contribution is 6.55. The summed E-state index contributed by atoms with van der Waals surface area (Å²) in [4.78, 5) is 2.05. The Labute approximate surface area is 198 Å². The van der Waals surface area contributed by atoms with E-state index in [4.69, 9.17) is 55.9 Å². The third kappa shape index (κ3) is 6.75. The summed E-state index contributed by atoms with van der Waals surface area (Å²) in [5.41, 5.74) is 0.00253. The van der Waals surface area contributed by atoms with E-state index in [9.17, 15) is 13.2 Å². The lowest BCUT2D eigenvalue weighted by atomic mass is 10.1. The second-order valence-electron chi connectivity index (χ2n) is 6.87. The van der Waals surface area contributed by atoms with Gasteiger partial charge in [-0.2, -0.15) is 13.2 Å². The number of alkyl halides is 3. The van der Waals surface area contributed by atoms with Crippen molar-refractivity contribution in [2.45, 2.75) is 25.1 Å². The third-order valence-corrected chi connectivity index (χ3v) is 5.61. The molecule has 0 atom stereocenters. The average molecular weight is 515 g/mol. The summed E-state index contributed by atoms with van der Waals surface area (Å²) in [6.07, 6.45) is -1.63. The number of rotatable bonds is 6. The molecule has 1 saturated heterocycles. The van der Waals surface area contributed by atoms with Crippen LogP contribution in [0.2, 0.25) is 10.0 Å². The first kappa shape index (κ1) is 24.2. The molecule has 0 aliphatic carbocycles. The summed E-state index contributed by atoms with van der Waals surface area (Å²) >= 11 is 24.0. The van der Waals surface area contributed by atoms with E-state index in [1.54, 1.807) is 12.1 Å². The zero-order valence-electron chi connectivity index (χ0n) is 16.1. The molecule has 2 aromatic rings. The molecular formula is C21H18Cl4F3NO2. The highest BCUT2D eigenvalue weighted by Crippen LogP contribution is 2.39. The summed E-state index contributed by atoms with van der Waals surface area (Å²) in [5.74, 6) is 0.903. The van der Waals surface area contributed by atoms with Crippen molar-refractivity contribution in [2.75, 3.05) is 24.6 Å². The molecule has 0 spiro atoms. The van der Waals surface area contributed by atoms with E-state index in [-0.39, 0.29) is 17.2 Å². The molecule has 0 N–H and O–H groups in total. The van der Waals surface area contributed by atoms with Crippen molar-refractivity contribution >= 4 is 52.1 Å². The fraction of sp³-hybridized carbons (Fsp3) is 0.333. The lowest BCUT2D eigenvalue weighted by Crippen LogP contribution is -2.38. The number of ether oxygens (including phenoxy) is 2. The molecule has 1 aliphatic rings. The van der Waals surface area contributed by atoms with Crippen LogP contribution in [0.3, 0.4) is 0 Å². The molecule has 0 saturated carbocycles. The Kier molecular flexibility index (Phi) is 8.14. The van der Waals surface area contributed by atoms with Crippen LogP contribution in [0.15, 0.2) is 47.0 Å². The maximum atomic E-state index is 12.7. The van der Waals surface area contributed by atoms with E-state index in [0.29, 0.717) is 53.2 Å². The number of halogens is 7. The van der Waals surface area contributed by atoms with Crippen molar-refractivity contribution in [3.8, 4) is 11.5 Å². The molecule has 10 heteroatoms. The summed E-state index contributed by atoms with van der Waals surface area (Å²) in [7, 11) is 0. The van der Waals surface area contributed by atoms with Crippen molar-refractivity contribution < 1.29 is 22.6 Å². The standard InChI is InChI=1S/C21H18Cl4F3NO2/c22-17-11-16(30-10-7-19(24)25)12-18(23)20(17)29-8-5-15(6-9-29)31-14-3-1-13(2-4-14)21(26,27)28/h1-4,7,11-12,15H,5-6,8-10H2. The molecule has 1 aliphatic heterocycles. The minimum absolute atomic E-state index is 0.107. The topological polar surface area (TPSA) is 21.7 Å². The first-order chi connectivity index (χ1) is 14.6. The normalized spacial score (nSPS) is 15.0. The summed E-state index contributed by atoms with van der Waals surface area (Å²) < 4.78 is 49.5. The van der Waals surface area contributed by atoms with Gasteiger partial charge in [-0.1, -0.05) is 46.4 Å². The molecule has 3 rings (SSSR count). The maximum absolute atomic E-state index is 12.7. The van der Waals surface area contributed by atoms with Gasteiger partial charge >= 0.3 is 6.18 Å².